The van der Waals surface area contributed by atoms with Crippen molar-refractivity contribution in [1.82, 2.24) is 5.32 Å². The fraction of sp³-hybridized carbons (Fsp3) is 0.167. The molecule has 0 spiro atoms. The molecule has 0 saturated carbocycles. The summed E-state index contributed by atoms with van der Waals surface area (Å²) in [6.45, 7) is 0. The summed E-state index contributed by atoms with van der Waals surface area (Å²) in [5.41, 5.74) is 0.668. The van der Waals surface area contributed by atoms with Crippen LogP contribution in [-0.2, 0) is 4.79 Å². The second-order valence-corrected chi connectivity index (χ2v) is 2.62. The van der Waals surface area contributed by atoms with Gasteiger partial charge in [0.25, 0.3) is 0 Å². The van der Waals surface area contributed by atoms with E-state index in [9.17, 15) is 4.79 Å². The molecule has 3 N–H and O–H groups in total. The lowest BCUT2D eigenvalue weighted by Gasteiger charge is -2.13. The highest BCUT2D eigenvalue weighted by Crippen LogP contribution is 2.08. The molecule has 4 heteroatoms. The number of hydrogen-bond donors (Lipinski definition) is 2. The summed E-state index contributed by atoms with van der Waals surface area (Å²) < 4.78 is 0. The fourth-order valence-corrected chi connectivity index (χ4v) is 1.07. The molecule has 10 heavy (non-hydrogen) atoms. The molecule has 1 aliphatic rings. The van der Waals surface area contributed by atoms with E-state index in [0.29, 0.717) is 5.57 Å². The third kappa shape index (κ3) is 1.62. The molecule has 0 radical (unpaired) electrons. The first-order chi connectivity index (χ1) is 4.86. The van der Waals surface area contributed by atoms with Gasteiger partial charge in [0.2, 0.25) is 0 Å². The topological polar surface area (TPSA) is 55.1 Å². The maximum atomic E-state index is 10.2. The van der Waals surface area contributed by atoms with Crippen LogP contribution in [0.1, 0.15) is 0 Å². The van der Waals surface area contributed by atoms with Crippen LogP contribution >= 0.6 is 11.9 Å². The Morgan fingerprint density at radius 1 is 1.80 bits per heavy atom. The minimum atomic E-state index is 0.0326. The van der Waals surface area contributed by atoms with Crippen LogP contribution in [0.15, 0.2) is 23.9 Å². The molecule has 1 atom stereocenters. The molecular formula is C6H8N2OS. The molecule has 0 bridgehead atoms. The van der Waals surface area contributed by atoms with E-state index >= 15 is 0 Å². The number of nitrogens with two attached hydrogens (primary N) is 1. The van der Waals surface area contributed by atoms with Gasteiger partial charge >= 0.3 is 0 Å². The number of carbonyl (C=O) groups excluding carboxylic acids is 1. The minimum Gasteiger partial charge on any atom is -0.375 e. The van der Waals surface area contributed by atoms with Crippen molar-refractivity contribution in [2.24, 2.45) is 5.14 Å². The van der Waals surface area contributed by atoms with Gasteiger partial charge in [-0.15, -0.1) is 0 Å². The Morgan fingerprint density at radius 3 is 3.20 bits per heavy atom. The van der Waals surface area contributed by atoms with E-state index in [2.05, 4.69) is 5.32 Å². The number of nitrogens with one attached hydrogen (secondary N) is 1. The number of aldehydes is 1. The maximum Gasteiger partial charge on any atom is 0.149 e. The minimum absolute atomic E-state index is 0.0326. The molecule has 0 fully saturated rings. The zero-order chi connectivity index (χ0) is 7.40. The van der Waals surface area contributed by atoms with Crippen LogP contribution in [0.3, 0.4) is 0 Å². The van der Waals surface area contributed by atoms with Gasteiger partial charge in [0.15, 0.2) is 0 Å². The van der Waals surface area contributed by atoms with Crippen molar-refractivity contribution in [1.29, 1.82) is 0 Å². The number of rotatable bonds is 2. The Morgan fingerprint density at radius 2 is 2.60 bits per heavy atom. The van der Waals surface area contributed by atoms with Crippen LogP contribution in [0.4, 0.5) is 0 Å². The van der Waals surface area contributed by atoms with Gasteiger partial charge in [-0.25, -0.2) is 0 Å². The van der Waals surface area contributed by atoms with Crippen molar-refractivity contribution >= 4 is 18.2 Å². The third-order valence-electron chi connectivity index (χ3n) is 1.16. The quantitative estimate of drug-likeness (QED) is 0.442. The van der Waals surface area contributed by atoms with Crippen LogP contribution in [0.5, 0.6) is 0 Å². The zero-order valence-electron chi connectivity index (χ0n) is 5.28. The summed E-state index contributed by atoms with van der Waals surface area (Å²) >= 11 is 1.17. The number of hydrogen-bond acceptors (Lipinski definition) is 4. The van der Waals surface area contributed by atoms with Crippen molar-refractivity contribution in [2.45, 2.75) is 5.37 Å². The van der Waals surface area contributed by atoms with Crippen LogP contribution < -0.4 is 10.5 Å². The molecule has 1 aliphatic heterocycles. The Hall–Kier alpha value is -0.740. The molecule has 0 amide bonds. The second kappa shape index (κ2) is 3.43. The first kappa shape index (κ1) is 7.37. The number of allylic oxidation sites excluding steroid dienone is 2. The normalized spacial score (nSPS) is 23.3. The van der Waals surface area contributed by atoms with E-state index in [1.807, 2.05) is 0 Å². The molecule has 0 aliphatic carbocycles. The Balaban J connectivity index is 2.64. The Bertz CT molecular complexity index is 188. The molecule has 0 aromatic rings. The Labute approximate surface area is 63.5 Å². The molecular weight excluding hydrogens is 148 g/mol. The average Bonchev–Trinajstić information content (AvgIpc) is 2.05. The van der Waals surface area contributed by atoms with Crippen molar-refractivity contribution in [2.75, 3.05) is 0 Å². The first-order valence-corrected chi connectivity index (χ1v) is 3.76. The van der Waals surface area contributed by atoms with E-state index in [-0.39, 0.29) is 5.37 Å². The number of dihydropyridines is 1. The lowest BCUT2D eigenvalue weighted by molar-refractivity contribution is -0.104. The lowest BCUT2D eigenvalue weighted by Crippen LogP contribution is -2.22. The van der Waals surface area contributed by atoms with Crippen LogP contribution in [0.25, 0.3) is 0 Å². The maximum absolute atomic E-state index is 10.2. The molecule has 3 nitrogen and oxygen atoms in total. The van der Waals surface area contributed by atoms with E-state index in [0.717, 1.165) is 6.29 Å². The highest BCUT2D eigenvalue weighted by atomic mass is 32.2. The van der Waals surface area contributed by atoms with Crippen LogP contribution in [-0.4, -0.2) is 11.7 Å². The lowest BCUT2D eigenvalue weighted by atomic mass is 10.2. The monoisotopic (exact) mass is 156 g/mol. The van der Waals surface area contributed by atoms with Crippen molar-refractivity contribution in [3.05, 3.63) is 23.9 Å². The van der Waals surface area contributed by atoms with Crippen LogP contribution in [0, 0.1) is 0 Å². The first-order valence-electron chi connectivity index (χ1n) is 2.82. The highest BCUT2D eigenvalue weighted by molar-refractivity contribution is 7.97. The van der Waals surface area contributed by atoms with Gasteiger partial charge in [0.1, 0.15) is 11.7 Å². The van der Waals surface area contributed by atoms with Gasteiger partial charge in [-0.3, -0.25) is 9.93 Å². The SMILES string of the molecule is NSC1C=C(C=O)C=CN1. The summed E-state index contributed by atoms with van der Waals surface area (Å²) in [7, 11) is 0. The van der Waals surface area contributed by atoms with Crippen molar-refractivity contribution in [3.8, 4) is 0 Å². The van der Waals surface area contributed by atoms with Gasteiger partial charge in [0.05, 0.1) is 0 Å². The summed E-state index contributed by atoms with van der Waals surface area (Å²) in [5.74, 6) is 0. The summed E-state index contributed by atoms with van der Waals surface area (Å²) in [5, 5.41) is 8.27. The highest BCUT2D eigenvalue weighted by Gasteiger charge is 2.04. The molecule has 1 rings (SSSR count). The van der Waals surface area contributed by atoms with Gasteiger partial charge in [-0.2, -0.15) is 0 Å². The average molecular weight is 156 g/mol. The summed E-state index contributed by atoms with van der Waals surface area (Å²) in [4.78, 5) is 10.2. The Kier molecular flexibility index (Phi) is 2.53. The van der Waals surface area contributed by atoms with Gasteiger partial charge in [0, 0.05) is 5.57 Å². The largest absolute Gasteiger partial charge is 0.375 e. The fourth-order valence-electron chi connectivity index (χ4n) is 0.675. The van der Waals surface area contributed by atoms with Crippen molar-refractivity contribution in [3.63, 3.8) is 0 Å². The number of carbonyl (C=O) groups is 1. The van der Waals surface area contributed by atoms with Gasteiger partial charge in [-0.05, 0) is 18.4 Å². The molecule has 0 aromatic carbocycles. The second-order valence-electron chi connectivity index (χ2n) is 1.84. The van der Waals surface area contributed by atoms with E-state index in [1.165, 1.54) is 11.9 Å². The van der Waals surface area contributed by atoms with E-state index in [1.54, 1.807) is 18.4 Å². The third-order valence-corrected chi connectivity index (χ3v) is 1.73. The van der Waals surface area contributed by atoms with E-state index in [4.69, 9.17) is 5.14 Å². The zero-order valence-corrected chi connectivity index (χ0v) is 6.10. The summed E-state index contributed by atoms with van der Waals surface area (Å²) in [6.07, 6.45) is 6.01. The molecule has 1 unspecified atom stereocenters. The smallest absolute Gasteiger partial charge is 0.149 e. The van der Waals surface area contributed by atoms with E-state index < -0.39 is 0 Å². The van der Waals surface area contributed by atoms with Gasteiger partial charge < -0.3 is 5.32 Å². The molecule has 1 heterocycles. The molecule has 54 valence electrons. The summed E-state index contributed by atoms with van der Waals surface area (Å²) in [6, 6.07) is 0. The van der Waals surface area contributed by atoms with Gasteiger partial charge in [-0.1, -0.05) is 11.9 Å². The predicted octanol–water partition coefficient (Wildman–Crippen LogP) is 0.162. The van der Waals surface area contributed by atoms with Crippen molar-refractivity contribution < 1.29 is 4.79 Å². The molecule has 0 aromatic heterocycles. The van der Waals surface area contributed by atoms with Crippen LogP contribution in [0.2, 0.25) is 0 Å². The predicted molar refractivity (Wildman–Crippen MR) is 42.0 cm³/mol. The molecule has 0 saturated heterocycles. The standard InChI is InChI=1S/C6H8N2OS/c7-10-6-3-5(4-9)1-2-8-6/h1-4,6,8H,7H2.